The van der Waals surface area contributed by atoms with Gasteiger partial charge in [0.05, 0.1) is 4.92 Å². The summed E-state index contributed by atoms with van der Waals surface area (Å²) in [4.78, 5) is 43.5. The molecule has 0 saturated carbocycles. The third-order valence-corrected chi connectivity index (χ3v) is 3.24. The number of hydrogen-bond acceptors (Lipinski definition) is 10. The molecule has 0 aliphatic rings. The second-order valence-electron chi connectivity index (χ2n) is 5.24. The summed E-state index contributed by atoms with van der Waals surface area (Å²) >= 11 is 0. The van der Waals surface area contributed by atoms with Gasteiger partial charge in [-0.15, -0.1) is 0 Å². The summed E-state index contributed by atoms with van der Waals surface area (Å²) < 4.78 is 0. The molecule has 0 unspecified atom stereocenters. The lowest BCUT2D eigenvalue weighted by atomic mass is 10.1. The number of nitro benzene ring substituents is 1. The van der Waals surface area contributed by atoms with Crippen LogP contribution in [0.15, 0.2) is 24.3 Å². The molecule has 0 radical (unpaired) electrons. The van der Waals surface area contributed by atoms with Crippen LogP contribution in [-0.2, 0) is 9.59 Å². The van der Waals surface area contributed by atoms with Crippen LogP contribution in [0, 0.1) is 10.1 Å². The summed E-state index contributed by atoms with van der Waals surface area (Å²) in [5.41, 5.74) is 5.91. The van der Waals surface area contributed by atoms with E-state index < -0.39 is 22.9 Å². The quantitative estimate of drug-likeness (QED) is 0.304. The van der Waals surface area contributed by atoms with Crippen molar-refractivity contribution in [3.8, 4) is 0 Å². The Morgan fingerprint density at radius 1 is 1.15 bits per heavy atom. The molecule has 1 atom stereocenters. The second kappa shape index (κ2) is 8.37. The van der Waals surface area contributed by atoms with Crippen LogP contribution < -0.4 is 16.4 Å². The van der Waals surface area contributed by atoms with Gasteiger partial charge in [-0.1, -0.05) is 0 Å². The Kier molecular flexibility index (Phi) is 5.98. The predicted octanol–water partition coefficient (Wildman–Crippen LogP) is 0.835. The van der Waals surface area contributed by atoms with Crippen molar-refractivity contribution in [2.24, 2.45) is 0 Å². The van der Waals surface area contributed by atoms with Gasteiger partial charge in [0.25, 0.3) is 5.69 Å². The Bertz CT molecular complexity index is 858. The van der Waals surface area contributed by atoms with E-state index in [4.69, 9.17) is 15.9 Å². The normalized spacial score (nSPS) is 11.4. The molecular weight excluding hydrogens is 362 g/mol. The molecule has 1 aromatic carbocycles. The van der Waals surface area contributed by atoms with Crippen LogP contribution in [0.2, 0.25) is 0 Å². The van der Waals surface area contributed by atoms with Crippen molar-refractivity contribution >= 4 is 41.2 Å². The number of benzene rings is 1. The van der Waals surface area contributed by atoms with Gasteiger partial charge in [0.1, 0.15) is 6.04 Å². The fourth-order valence-corrected chi connectivity index (χ4v) is 1.99. The molecule has 0 saturated heterocycles. The molecule has 2 aromatic rings. The minimum atomic E-state index is -1.28. The van der Waals surface area contributed by atoms with Crippen LogP contribution in [0.1, 0.15) is 12.8 Å². The van der Waals surface area contributed by atoms with Gasteiger partial charge < -0.3 is 26.6 Å². The molecule has 6 N–H and O–H groups in total. The van der Waals surface area contributed by atoms with Crippen molar-refractivity contribution < 1.29 is 24.7 Å². The zero-order valence-corrected chi connectivity index (χ0v) is 13.7. The van der Waals surface area contributed by atoms with Gasteiger partial charge in [-0.25, -0.2) is 4.79 Å². The van der Waals surface area contributed by atoms with Crippen molar-refractivity contribution in [1.29, 1.82) is 0 Å². The van der Waals surface area contributed by atoms with E-state index in [1.807, 2.05) is 0 Å². The smallest absolute Gasteiger partial charge is 0.326 e. The summed E-state index contributed by atoms with van der Waals surface area (Å²) in [6.45, 7) is 0. The maximum atomic E-state index is 11.2. The molecule has 0 aliphatic heterocycles. The number of nitrogen functional groups attached to an aromatic ring is 1. The summed E-state index contributed by atoms with van der Waals surface area (Å²) in [6.07, 6.45) is -0.556. The first-order valence-electron chi connectivity index (χ1n) is 7.49. The largest absolute Gasteiger partial charge is 0.481 e. The maximum absolute atomic E-state index is 11.2. The topological polar surface area (TPSA) is 206 Å². The zero-order valence-electron chi connectivity index (χ0n) is 13.7. The second-order valence-corrected chi connectivity index (χ2v) is 5.24. The van der Waals surface area contributed by atoms with E-state index in [1.54, 1.807) is 0 Å². The number of carboxylic acid groups (broad SMARTS) is 2. The van der Waals surface area contributed by atoms with Crippen LogP contribution in [0.5, 0.6) is 0 Å². The highest BCUT2D eigenvalue weighted by Gasteiger charge is 2.20. The maximum Gasteiger partial charge on any atom is 0.326 e. The number of nitrogens with zero attached hydrogens (tertiary/aromatic N) is 4. The number of anilines is 4. The first-order valence-corrected chi connectivity index (χ1v) is 7.49. The number of aliphatic carboxylic acids is 2. The number of nitrogens with one attached hydrogen (secondary N) is 2. The number of hydrogen-bond donors (Lipinski definition) is 5. The minimum Gasteiger partial charge on any atom is -0.481 e. The Morgan fingerprint density at radius 3 is 2.33 bits per heavy atom. The first kappa shape index (κ1) is 19.3. The van der Waals surface area contributed by atoms with E-state index in [1.165, 1.54) is 24.3 Å². The minimum absolute atomic E-state index is 0.0266. The molecule has 1 aromatic heterocycles. The lowest BCUT2D eigenvalue weighted by molar-refractivity contribution is -0.384. The summed E-state index contributed by atoms with van der Waals surface area (Å²) in [5, 5.41) is 33.7. The lowest BCUT2D eigenvalue weighted by Crippen LogP contribution is -2.31. The number of carbonyl (C=O) groups is 2. The van der Waals surface area contributed by atoms with Crippen molar-refractivity contribution in [3.63, 3.8) is 0 Å². The van der Waals surface area contributed by atoms with Crippen molar-refractivity contribution in [2.75, 3.05) is 16.4 Å². The van der Waals surface area contributed by atoms with Gasteiger partial charge in [-0.2, -0.15) is 15.0 Å². The standard InChI is InChI=1S/C14H15N7O6/c15-12-18-13(16-7-1-3-8(4-2-7)21(26)27)20-14(19-12)17-9(11(24)25)5-6-10(22)23/h1-4,9H,5-6H2,(H,22,23)(H,24,25)(H4,15,16,17,18,19,20)/t9-/m0/s1. The monoisotopic (exact) mass is 377 g/mol. The van der Waals surface area contributed by atoms with Gasteiger partial charge in [-0.05, 0) is 18.6 Å². The van der Waals surface area contributed by atoms with Crippen LogP contribution in [-0.4, -0.2) is 48.1 Å². The molecule has 13 nitrogen and oxygen atoms in total. The van der Waals surface area contributed by atoms with E-state index in [2.05, 4.69) is 25.6 Å². The third kappa shape index (κ3) is 5.77. The van der Waals surface area contributed by atoms with Crippen LogP contribution >= 0.6 is 0 Å². The van der Waals surface area contributed by atoms with Crippen molar-refractivity contribution in [3.05, 3.63) is 34.4 Å². The number of carboxylic acids is 2. The van der Waals surface area contributed by atoms with E-state index in [0.717, 1.165) is 0 Å². The van der Waals surface area contributed by atoms with E-state index in [-0.39, 0.29) is 36.4 Å². The highest BCUT2D eigenvalue weighted by Crippen LogP contribution is 2.19. The Labute approximate surface area is 151 Å². The van der Waals surface area contributed by atoms with Crippen molar-refractivity contribution in [2.45, 2.75) is 18.9 Å². The molecule has 2 rings (SSSR count). The molecule has 1 heterocycles. The van der Waals surface area contributed by atoms with Crippen LogP contribution in [0.4, 0.5) is 29.2 Å². The van der Waals surface area contributed by atoms with Crippen LogP contribution in [0.25, 0.3) is 0 Å². The molecule has 0 fully saturated rings. The Morgan fingerprint density at radius 2 is 1.78 bits per heavy atom. The first-order chi connectivity index (χ1) is 12.7. The van der Waals surface area contributed by atoms with Gasteiger partial charge in [0.2, 0.25) is 17.8 Å². The SMILES string of the molecule is Nc1nc(Nc2ccc([N+](=O)[O-])cc2)nc(N[C@@H](CCC(=O)O)C(=O)O)n1. The van der Waals surface area contributed by atoms with E-state index >= 15 is 0 Å². The lowest BCUT2D eigenvalue weighted by Gasteiger charge is -2.14. The van der Waals surface area contributed by atoms with E-state index in [9.17, 15) is 19.7 Å². The summed E-state index contributed by atoms with van der Waals surface area (Å²) in [6, 6.07) is 4.17. The molecule has 0 aliphatic carbocycles. The highest BCUT2D eigenvalue weighted by atomic mass is 16.6. The Balaban J connectivity index is 2.15. The van der Waals surface area contributed by atoms with Gasteiger partial charge >= 0.3 is 11.9 Å². The number of nitro groups is 1. The average Bonchev–Trinajstić information content (AvgIpc) is 2.58. The molecule has 27 heavy (non-hydrogen) atoms. The van der Waals surface area contributed by atoms with Gasteiger partial charge in [0.15, 0.2) is 0 Å². The molecule has 0 bridgehead atoms. The van der Waals surface area contributed by atoms with Gasteiger partial charge in [-0.3, -0.25) is 14.9 Å². The molecule has 13 heteroatoms. The fourth-order valence-electron chi connectivity index (χ4n) is 1.99. The van der Waals surface area contributed by atoms with Gasteiger partial charge in [0, 0.05) is 24.2 Å². The number of nitrogens with two attached hydrogens (primary N) is 1. The van der Waals surface area contributed by atoms with Crippen LogP contribution in [0.3, 0.4) is 0 Å². The average molecular weight is 377 g/mol. The number of aromatic nitrogens is 3. The van der Waals surface area contributed by atoms with Crippen molar-refractivity contribution in [1.82, 2.24) is 15.0 Å². The summed E-state index contributed by atoms with van der Waals surface area (Å²) in [7, 11) is 0. The molecular formula is C14H15N7O6. The van der Waals surface area contributed by atoms with E-state index in [0.29, 0.717) is 5.69 Å². The zero-order chi connectivity index (χ0) is 20.0. The fraction of sp³-hybridized carbons (Fsp3) is 0.214. The molecule has 0 spiro atoms. The molecule has 142 valence electrons. The third-order valence-electron chi connectivity index (χ3n) is 3.24. The Hall–Kier alpha value is -4.03. The number of rotatable bonds is 9. The number of non-ortho nitro benzene ring substituents is 1. The predicted molar refractivity (Wildman–Crippen MR) is 92.5 cm³/mol. The molecule has 0 amide bonds. The highest BCUT2D eigenvalue weighted by molar-refractivity contribution is 5.78. The summed E-state index contributed by atoms with van der Waals surface area (Å²) in [5.74, 6) is -2.82.